The molecule has 2 fully saturated rings. The maximum absolute atomic E-state index is 13.7. The van der Waals surface area contributed by atoms with Gasteiger partial charge >= 0.3 is 0 Å². The molecule has 1 atom stereocenters. The molecule has 3 amide bonds. The molecule has 8 heteroatoms. The number of hydrogen-bond donors (Lipinski definition) is 1. The summed E-state index contributed by atoms with van der Waals surface area (Å²) in [4.78, 5) is 43.1. The zero-order valence-corrected chi connectivity index (χ0v) is 19.5. The zero-order valence-electron chi connectivity index (χ0n) is 19.5. The third-order valence-electron chi connectivity index (χ3n) is 6.69. The summed E-state index contributed by atoms with van der Waals surface area (Å²) in [6.45, 7) is 2.82. The van der Waals surface area contributed by atoms with Gasteiger partial charge in [-0.25, -0.2) is 0 Å². The number of amides is 3. The fourth-order valence-corrected chi connectivity index (χ4v) is 4.76. The van der Waals surface area contributed by atoms with Gasteiger partial charge in [0.25, 0.3) is 11.8 Å². The molecule has 5 rings (SSSR count). The summed E-state index contributed by atoms with van der Waals surface area (Å²) in [5, 5.41) is 2.93. The van der Waals surface area contributed by atoms with Crippen LogP contribution in [0.4, 0.5) is 5.69 Å². The lowest BCUT2D eigenvalue weighted by Gasteiger charge is -2.44. The molecule has 0 radical (unpaired) electrons. The summed E-state index contributed by atoms with van der Waals surface area (Å²) in [5.41, 5.74) is 1.26. The zero-order chi connectivity index (χ0) is 24.4. The number of aryl methyl sites for hydroxylation is 1. The van der Waals surface area contributed by atoms with Crippen molar-refractivity contribution < 1.29 is 23.5 Å². The minimum absolute atomic E-state index is 0.0857. The van der Waals surface area contributed by atoms with Crippen molar-refractivity contribution in [3.8, 4) is 0 Å². The summed E-state index contributed by atoms with van der Waals surface area (Å²) < 4.78 is 11.5. The van der Waals surface area contributed by atoms with Crippen molar-refractivity contribution in [3.05, 3.63) is 89.9 Å². The maximum Gasteiger partial charge on any atom is 0.289 e. The molecule has 3 aromatic rings. The lowest BCUT2D eigenvalue weighted by molar-refractivity contribution is -0.123. The maximum atomic E-state index is 13.7. The summed E-state index contributed by atoms with van der Waals surface area (Å²) in [6.07, 6.45) is 2.26. The molecule has 3 heterocycles. The van der Waals surface area contributed by atoms with E-state index in [9.17, 15) is 14.4 Å². The van der Waals surface area contributed by atoms with Crippen molar-refractivity contribution in [3.63, 3.8) is 0 Å². The lowest BCUT2D eigenvalue weighted by atomic mass is 9.96. The van der Waals surface area contributed by atoms with Crippen molar-refractivity contribution in [2.45, 2.75) is 31.5 Å². The van der Waals surface area contributed by atoms with Crippen LogP contribution >= 0.6 is 0 Å². The standard InChI is InChI=1S/C27H27N3O5/c1-19-9-11-21(12-10-19)28-24(31)22-18-35-27(30(22)25(32)20-6-3-2-4-7-20)13-15-29(16-14-27)26(33)23-8-5-17-34-23/h2-12,17,22H,13-16,18H2,1H3,(H,28,31)/t22-/m1/s1. The fraction of sp³-hybridized carbons (Fsp3) is 0.296. The summed E-state index contributed by atoms with van der Waals surface area (Å²) in [6, 6.07) is 18.9. The number of carbonyl (C=O) groups excluding carboxylic acids is 3. The Morgan fingerprint density at radius 1 is 0.914 bits per heavy atom. The Balaban J connectivity index is 1.39. The highest BCUT2D eigenvalue weighted by molar-refractivity contribution is 6.02. The number of likely N-dealkylation sites (tertiary alicyclic amines) is 1. The lowest BCUT2D eigenvalue weighted by Crippen LogP contribution is -2.59. The van der Waals surface area contributed by atoms with E-state index >= 15 is 0 Å². The predicted octanol–water partition coefficient (Wildman–Crippen LogP) is 3.70. The highest BCUT2D eigenvalue weighted by Crippen LogP contribution is 2.39. The van der Waals surface area contributed by atoms with E-state index in [1.807, 2.05) is 37.3 Å². The van der Waals surface area contributed by atoms with Gasteiger partial charge in [0.2, 0.25) is 5.91 Å². The number of nitrogens with one attached hydrogen (secondary N) is 1. The average Bonchev–Trinajstić information content (AvgIpc) is 3.55. The first-order valence-electron chi connectivity index (χ1n) is 11.7. The van der Waals surface area contributed by atoms with Gasteiger partial charge in [-0.05, 0) is 43.3 Å². The number of ether oxygens (including phenoxy) is 1. The Labute approximate surface area is 203 Å². The van der Waals surface area contributed by atoms with Crippen molar-refractivity contribution in [1.29, 1.82) is 0 Å². The second-order valence-corrected chi connectivity index (χ2v) is 8.94. The molecule has 180 valence electrons. The Hall–Kier alpha value is -3.91. The first-order chi connectivity index (χ1) is 17.0. The topological polar surface area (TPSA) is 92.1 Å². The van der Waals surface area contributed by atoms with Gasteiger partial charge in [-0.3, -0.25) is 19.3 Å². The molecule has 0 saturated carbocycles. The van der Waals surface area contributed by atoms with Crippen LogP contribution in [0.1, 0.15) is 39.3 Å². The molecule has 1 spiro atoms. The van der Waals surface area contributed by atoms with E-state index in [0.29, 0.717) is 37.2 Å². The van der Waals surface area contributed by atoms with E-state index in [2.05, 4.69) is 5.32 Å². The van der Waals surface area contributed by atoms with Crippen LogP contribution in [0.5, 0.6) is 0 Å². The largest absolute Gasteiger partial charge is 0.459 e. The number of benzene rings is 2. The van der Waals surface area contributed by atoms with Crippen LogP contribution in [0, 0.1) is 6.92 Å². The van der Waals surface area contributed by atoms with Gasteiger partial charge in [-0.15, -0.1) is 0 Å². The number of carbonyl (C=O) groups is 3. The Kier molecular flexibility index (Phi) is 6.13. The van der Waals surface area contributed by atoms with Crippen LogP contribution in [-0.4, -0.2) is 59.0 Å². The molecule has 35 heavy (non-hydrogen) atoms. The minimum atomic E-state index is -0.970. The SMILES string of the molecule is Cc1ccc(NC(=O)[C@H]2COC3(CCN(C(=O)c4ccco4)CC3)N2C(=O)c2ccccc2)cc1. The second-order valence-electron chi connectivity index (χ2n) is 8.94. The molecule has 2 saturated heterocycles. The van der Waals surface area contributed by atoms with Gasteiger partial charge in [-0.2, -0.15) is 0 Å². The molecule has 8 nitrogen and oxygen atoms in total. The van der Waals surface area contributed by atoms with Crippen molar-refractivity contribution in [2.75, 3.05) is 25.0 Å². The average molecular weight is 474 g/mol. The molecule has 1 N–H and O–H groups in total. The predicted molar refractivity (Wildman–Crippen MR) is 129 cm³/mol. The van der Waals surface area contributed by atoms with Gasteiger partial charge in [0.15, 0.2) is 5.76 Å². The van der Waals surface area contributed by atoms with E-state index in [1.165, 1.54) is 6.26 Å². The number of nitrogens with zero attached hydrogens (tertiary/aromatic N) is 2. The smallest absolute Gasteiger partial charge is 0.289 e. The normalized spacial score (nSPS) is 19.1. The highest BCUT2D eigenvalue weighted by atomic mass is 16.5. The van der Waals surface area contributed by atoms with Crippen LogP contribution in [0.2, 0.25) is 0 Å². The highest BCUT2D eigenvalue weighted by Gasteiger charge is 2.54. The molecule has 0 unspecified atom stereocenters. The van der Waals surface area contributed by atoms with E-state index in [4.69, 9.17) is 9.15 Å². The Morgan fingerprint density at radius 3 is 2.29 bits per heavy atom. The molecule has 2 aliphatic heterocycles. The van der Waals surface area contributed by atoms with Crippen LogP contribution < -0.4 is 5.32 Å². The quantitative estimate of drug-likeness (QED) is 0.624. The third-order valence-corrected chi connectivity index (χ3v) is 6.69. The molecular weight excluding hydrogens is 446 g/mol. The number of piperidine rings is 1. The number of hydrogen-bond acceptors (Lipinski definition) is 5. The number of furan rings is 1. The van der Waals surface area contributed by atoms with Crippen molar-refractivity contribution in [1.82, 2.24) is 9.80 Å². The number of rotatable bonds is 4. The van der Waals surface area contributed by atoms with Crippen molar-refractivity contribution >= 4 is 23.4 Å². The molecular formula is C27H27N3O5. The van der Waals surface area contributed by atoms with Crippen LogP contribution in [-0.2, 0) is 9.53 Å². The fourth-order valence-electron chi connectivity index (χ4n) is 4.76. The molecule has 1 aromatic heterocycles. The summed E-state index contributed by atoms with van der Waals surface area (Å²) in [5.74, 6) is -0.486. The van der Waals surface area contributed by atoms with Gasteiger partial charge in [0.1, 0.15) is 11.8 Å². The first-order valence-corrected chi connectivity index (χ1v) is 11.7. The summed E-state index contributed by atoms with van der Waals surface area (Å²) in [7, 11) is 0. The van der Waals surface area contributed by atoms with Gasteiger partial charge in [0, 0.05) is 37.2 Å². The Bertz CT molecular complexity index is 1200. The van der Waals surface area contributed by atoms with Crippen LogP contribution in [0.25, 0.3) is 0 Å². The molecule has 0 aliphatic carbocycles. The number of anilines is 1. The minimum Gasteiger partial charge on any atom is -0.459 e. The molecule has 2 aromatic carbocycles. The van der Waals surface area contributed by atoms with E-state index in [0.717, 1.165) is 5.56 Å². The third kappa shape index (κ3) is 4.44. The Morgan fingerprint density at radius 2 is 1.63 bits per heavy atom. The van der Waals surface area contributed by atoms with E-state index < -0.39 is 11.8 Å². The van der Waals surface area contributed by atoms with Gasteiger partial charge in [-0.1, -0.05) is 35.9 Å². The van der Waals surface area contributed by atoms with Crippen LogP contribution in [0.15, 0.2) is 77.4 Å². The van der Waals surface area contributed by atoms with Crippen LogP contribution in [0.3, 0.4) is 0 Å². The van der Waals surface area contributed by atoms with E-state index in [1.54, 1.807) is 46.2 Å². The van der Waals surface area contributed by atoms with Crippen molar-refractivity contribution in [2.24, 2.45) is 0 Å². The first kappa shape index (κ1) is 22.9. The molecule has 0 bridgehead atoms. The monoisotopic (exact) mass is 473 g/mol. The van der Waals surface area contributed by atoms with Gasteiger partial charge in [0.05, 0.1) is 12.9 Å². The van der Waals surface area contributed by atoms with Gasteiger partial charge < -0.3 is 19.4 Å². The van der Waals surface area contributed by atoms with E-state index in [-0.39, 0.29) is 30.1 Å². The second kappa shape index (κ2) is 9.38. The molecule has 2 aliphatic rings. The summed E-state index contributed by atoms with van der Waals surface area (Å²) >= 11 is 0.